The molecule has 0 heterocycles. The third kappa shape index (κ3) is 7.49. The molecule has 6 nitrogen and oxygen atoms in total. The third-order valence-corrected chi connectivity index (χ3v) is 4.96. The minimum absolute atomic E-state index is 0. The molecule has 130 valence electrons. The highest BCUT2D eigenvalue weighted by Gasteiger charge is 2.20. The molecule has 2 rings (SSSR count). The van der Waals surface area contributed by atoms with E-state index in [4.69, 9.17) is 0 Å². The highest BCUT2D eigenvalue weighted by molar-refractivity contribution is 14.0. The van der Waals surface area contributed by atoms with Crippen LogP contribution in [0.4, 0.5) is 0 Å². The van der Waals surface area contributed by atoms with Gasteiger partial charge in [-0.3, -0.25) is 4.99 Å². The average Bonchev–Trinajstić information content (AvgIpc) is 3.33. The van der Waals surface area contributed by atoms with Crippen molar-refractivity contribution in [3.8, 4) is 0 Å². The van der Waals surface area contributed by atoms with Crippen LogP contribution in [0.5, 0.6) is 0 Å². The minimum atomic E-state index is -3.22. The van der Waals surface area contributed by atoms with Crippen molar-refractivity contribution in [1.29, 1.82) is 0 Å². The first-order valence-electron chi connectivity index (χ1n) is 7.46. The van der Waals surface area contributed by atoms with E-state index >= 15 is 0 Å². The van der Waals surface area contributed by atoms with Crippen molar-refractivity contribution in [2.45, 2.75) is 25.1 Å². The maximum absolute atomic E-state index is 11.5. The van der Waals surface area contributed by atoms with Gasteiger partial charge in [0.25, 0.3) is 0 Å². The Hall–Kier alpha value is -0.870. The predicted octanol–water partition coefficient (Wildman–Crippen LogP) is 1.43. The van der Waals surface area contributed by atoms with Crippen molar-refractivity contribution in [2.24, 2.45) is 10.9 Å². The Morgan fingerprint density at radius 3 is 2.30 bits per heavy atom. The van der Waals surface area contributed by atoms with E-state index in [9.17, 15) is 8.42 Å². The van der Waals surface area contributed by atoms with Crippen LogP contribution >= 0.6 is 24.0 Å². The molecular weight excluding hydrogens is 427 g/mol. The van der Waals surface area contributed by atoms with Gasteiger partial charge in [-0.1, -0.05) is 24.3 Å². The first-order valence-corrected chi connectivity index (χ1v) is 9.11. The normalized spacial score (nSPS) is 15.0. The first kappa shape index (κ1) is 20.2. The summed E-state index contributed by atoms with van der Waals surface area (Å²) in [7, 11) is -0.0371. The number of benzene rings is 1. The van der Waals surface area contributed by atoms with Gasteiger partial charge in [0, 0.05) is 20.1 Å². The Balaban J connectivity index is 0.00000264. The van der Waals surface area contributed by atoms with Crippen LogP contribution in [0.1, 0.15) is 24.0 Å². The van der Waals surface area contributed by atoms with E-state index in [2.05, 4.69) is 20.3 Å². The molecule has 0 unspecified atom stereocenters. The molecule has 1 fully saturated rings. The molecule has 0 radical (unpaired) electrons. The van der Waals surface area contributed by atoms with Crippen molar-refractivity contribution in [3.05, 3.63) is 35.4 Å². The first-order chi connectivity index (χ1) is 10.5. The molecule has 0 atom stereocenters. The smallest absolute Gasteiger partial charge is 0.215 e. The van der Waals surface area contributed by atoms with E-state index in [-0.39, 0.29) is 29.7 Å². The third-order valence-electron chi connectivity index (χ3n) is 3.63. The molecule has 0 amide bonds. The number of guanidine groups is 1. The van der Waals surface area contributed by atoms with Crippen LogP contribution in [0.25, 0.3) is 0 Å². The molecule has 1 saturated carbocycles. The zero-order chi connectivity index (χ0) is 16.0. The van der Waals surface area contributed by atoms with Gasteiger partial charge in [-0.25, -0.2) is 13.1 Å². The lowest BCUT2D eigenvalue weighted by molar-refractivity contribution is 0.587. The van der Waals surface area contributed by atoms with Gasteiger partial charge in [-0.15, -0.1) is 24.0 Å². The van der Waals surface area contributed by atoms with Gasteiger partial charge in [0.1, 0.15) is 0 Å². The summed E-state index contributed by atoms with van der Waals surface area (Å²) in [6, 6.07) is 7.54. The molecule has 3 N–H and O–H groups in total. The zero-order valence-electron chi connectivity index (χ0n) is 13.5. The molecule has 0 aromatic heterocycles. The number of aliphatic imine (C=N–C) groups is 1. The number of nitrogens with one attached hydrogen (secondary N) is 3. The van der Waals surface area contributed by atoms with Crippen LogP contribution in [0, 0.1) is 5.92 Å². The molecular formula is C15H25IN4O2S. The highest BCUT2D eigenvalue weighted by atomic mass is 127. The van der Waals surface area contributed by atoms with Gasteiger partial charge in [0.15, 0.2) is 5.96 Å². The Labute approximate surface area is 155 Å². The van der Waals surface area contributed by atoms with Crippen LogP contribution in [-0.4, -0.2) is 35.0 Å². The molecule has 1 aliphatic rings. The average molecular weight is 452 g/mol. The fourth-order valence-electron chi connectivity index (χ4n) is 2.01. The fourth-order valence-corrected chi connectivity index (χ4v) is 2.79. The number of hydrogen-bond acceptors (Lipinski definition) is 3. The summed E-state index contributed by atoms with van der Waals surface area (Å²) in [4.78, 5) is 4.19. The van der Waals surface area contributed by atoms with Crippen molar-refractivity contribution < 1.29 is 8.42 Å². The summed E-state index contributed by atoms with van der Waals surface area (Å²) in [6.07, 6.45) is 2.61. The monoisotopic (exact) mass is 452 g/mol. The summed E-state index contributed by atoms with van der Waals surface area (Å²) in [5.41, 5.74) is 1.86. The van der Waals surface area contributed by atoms with Gasteiger partial charge in [-0.2, -0.15) is 0 Å². The summed E-state index contributed by atoms with van der Waals surface area (Å²) < 4.78 is 25.3. The van der Waals surface area contributed by atoms with Crippen LogP contribution < -0.4 is 15.4 Å². The molecule has 8 heteroatoms. The van der Waals surface area contributed by atoms with E-state index in [1.54, 1.807) is 7.05 Å². The van der Waals surface area contributed by atoms with Crippen LogP contribution in [0.15, 0.2) is 29.3 Å². The van der Waals surface area contributed by atoms with E-state index in [0.717, 1.165) is 29.5 Å². The standard InChI is InChI=1S/C15H24N4O2S.HI/c1-16-15(18-9-12-3-4-12)19-10-13-5-7-14(8-6-13)11-22(20,21)17-2;/h5-8,12,17H,3-4,9-11H2,1-2H3,(H2,16,18,19);1H. The Morgan fingerprint density at radius 1 is 1.17 bits per heavy atom. The molecule has 0 bridgehead atoms. The van der Waals surface area contributed by atoms with Gasteiger partial charge < -0.3 is 10.6 Å². The Bertz CT molecular complexity index is 613. The van der Waals surface area contributed by atoms with Crippen molar-refractivity contribution in [3.63, 3.8) is 0 Å². The van der Waals surface area contributed by atoms with Crippen LogP contribution in [0.2, 0.25) is 0 Å². The fraction of sp³-hybridized carbons (Fsp3) is 0.533. The van der Waals surface area contributed by atoms with Crippen molar-refractivity contribution >= 4 is 40.0 Å². The second-order valence-electron chi connectivity index (χ2n) is 5.53. The summed E-state index contributed by atoms with van der Waals surface area (Å²) in [5, 5.41) is 6.56. The SMILES string of the molecule is CN=C(NCc1ccc(CS(=O)(=O)NC)cc1)NCC1CC1.I. The van der Waals surface area contributed by atoms with Crippen LogP contribution in [0.3, 0.4) is 0 Å². The molecule has 0 spiro atoms. The highest BCUT2D eigenvalue weighted by Crippen LogP contribution is 2.27. The summed E-state index contributed by atoms with van der Waals surface area (Å²) in [6.45, 7) is 1.63. The maximum Gasteiger partial charge on any atom is 0.215 e. The molecule has 1 aromatic rings. The molecule has 1 aliphatic carbocycles. The molecule has 0 aliphatic heterocycles. The van der Waals surface area contributed by atoms with Crippen LogP contribution in [-0.2, 0) is 22.3 Å². The van der Waals surface area contributed by atoms with Gasteiger partial charge in [0.05, 0.1) is 5.75 Å². The Morgan fingerprint density at radius 2 is 1.78 bits per heavy atom. The van der Waals surface area contributed by atoms with Crippen molar-refractivity contribution in [2.75, 3.05) is 20.6 Å². The summed E-state index contributed by atoms with van der Waals surface area (Å²) >= 11 is 0. The number of nitrogens with zero attached hydrogens (tertiary/aromatic N) is 1. The lowest BCUT2D eigenvalue weighted by Crippen LogP contribution is -2.37. The van der Waals surface area contributed by atoms with Gasteiger partial charge in [-0.05, 0) is 36.9 Å². The zero-order valence-corrected chi connectivity index (χ0v) is 16.6. The Kier molecular flexibility index (Phi) is 8.27. The quantitative estimate of drug-likeness (QED) is 0.332. The van der Waals surface area contributed by atoms with Crippen molar-refractivity contribution in [1.82, 2.24) is 15.4 Å². The van der Waals surface area contributed by atoms with E-state index in [0.29, 0.717) is 6.54 Å². The minimum Gasteiger partial charge on any atom is -0.356 e. The molecule has 23 heavy (non-hydrogen) atoms. The number of hydrogen-bond donors (Lipinski definition) is 3. The van der Waals surface area contributed by atoms with E-state index < -0.39 is 10.0 Å². The predicted molar refractivity (Wildman–Crippen MR) is 104 cm³/mol. The van der Waals surface area contributed by atoms with E-state index in [1.807, 2.05) is 24.3 Å². The summed E-state index contributed by atoms with van der Waals surface area (Å²) in [5.74, 6) is 1.60. The second kappa shape index (κ2) is 9.43. The number of rotatable bonds is 7. The van der Waals surface area contributed by atoms with Gasteiger partial charge in [0.2, 0.25) is 10.0 Å². The number of sulfonamides is 1. The maximum atomic E-state index is 11.5. The lowest BCUT2D eigenvalue weighted by atomic mass is 10.1. The molecule has 1 aromatic carbocycles. The van der Waals surface area contributed by atoms with E-state index in [1.165, 1.54) is 19.9 Å². The topological polar surface area (TPSA) is 82.6 Å². The number of halogens is 1. The second-order valence-corrected chi connectivity index (χ2v) is 7.46. The van der Waals surface area contributed by atoms with Gasteiger partial charge >= 0.3 is 0 Å². The largest absolute Gasteiger partial charge is 0.356 e. The lowest BCUT2D eigenvalue weighted by Gasteiger charge is -2.12. The molecule has 0 saturated heterocycles.